The van der Waals surface area contributed by atoms with Gasteiger partial charge in [-0.05, 0) is 30.2 Å². The molecule has 132 valence electrons. The number of benzene rings is 1. The van der Waals surface area contributed by atoms with E-state index in [4.69, 9.17) is 4.74 Å². The van der Waals surface area contributed by atoms with Crippen LogP contribution < -0.4 is 10.1 Å². The van der Waals surface area contributed by atoms with Gasteiger partial charge < -0.3 is 15.0 Å². The fourth-order valence-electron chi connectivity index (χ4n) is 2.17. The van der Waals surface area contributed by atoms with Crippen LogP contribution in [0, 0.1) is 0 Å². The second-order valence-corrected chi connectivity index (χ2v) is 5.71. The molecule has 0 radical (unpaired) electrons. The number of carbonyl (C=O) groups excluding carboxylic acids is 2. The highest BCUT2D eigenvalue weighted by atomic mass is 16.5. The predicted octanol–water partition coefficient (Wildman–Crippen LogP) is 2.86. The largest absolute Gasteiger partial charge is 0.497 e. The number of hydrogen-bond donors (Lipinski definition) is 1. The molecule has 0 aromatic heterocycles. The molecule has 0 saturated heterocycles. The molecule has 5 heteroatoms. The third-order valence-corrected chi connectivity index (χ3v) is 3.62. The van der Waals surface area contributed by atoms with E-state index in [0.717, 1.165) is 24.2 Å². The Morgan fingerprint density at radius 2 is 2.04 bits per heavy atom. The molecule has 0 unspecified atom stereocenters. The lowest BCUT2D eigenvalue weighted by Crippen LogP contribution is -2.38. The second-order valence-electron chi connectivity index (χ2n) is 5.71. The second kappa shape index (κ2) is 11.3. The summed E-state index contributed by atoms with van der Waals surface area (Å²) in [5, 5.41) is 2.84. The number of amides is 2. The van der Waals surface area contributed by atoms with E-state index in [-0.39, 0.29) is 18.4 Å². The van der Waals surface area contributed by atoms with Crippen molar-refractivity contribution in [2.24, 2.45) is 0 Å². The maximum absolute atomic E-state index is 12.0. The van der Waals surface area contributed by atoms with Gasteiger partial charge >= 0.3 is 0 Å². The summed E-state index contributed by atoms with van der Waals surface area (Å²) in [6.07, 6.45) is 7.63. The van der Waals surface area contributed by atoms with Crippen LogP contribution in [0.15, 0.2) is 30.3 Å². The fraction of sp³-hybridized carbons (Fsp3) is 0.474. The van der Waals surface area contributed by atoms with Crippen molar-refractivity contribution >= 4 is 17.9 Å². The zero-order valence-corrected chi connectivity index (χ0v) is 14.9. The van der Waals surface area contributed by atoms with Crippen LogP contribution in [-0.2, 0) is 9.59 Å². The zero-order chi connectivity index (χ0) is 17.8. The molecule has 0 aliphatic rings. The minimum Gasteiger partial charge on any atom is -0.497 e. The van der Waals surface area contributed by atoms with Crippen molar-refractivity contribution in [3.8, 4) is 5.75 Å². The van der Waals surface area contributed by atoms with E-state index in [0.29, 0.717) is 6.54 Å². The minimum absolute atomic E-state index is 0.0645. The van der Waals surface area contributed by atoms with Crippen LogP contribution in [0.5, 0.6) is 5.75 Å². The third-order valence-electron chi connectivity index (χ3n) is 3.62. The summed E-state index contributed by atoms with van der Waals surface area (Å²) in [6.45, 7) is 2.88. The quantitative estimate of drug-likeness (QED) is 0.529. The van der Waals surface area contributed by atoms with E-state index >= 15 is 0 Å². The maximum Gasteiger partial charge on any atom is 0.246 e. The van der Waals surface area contributed by atoms with Gasteiger partial charge in [0.25, 0.3) is 0 Å². The first-order chi connectivity index (χ1) is 11.6. The summed E-state index contributed by atoms with van der Waals surface area (Å²) in [4.78, 5) is 25.3. The van der Waals surface area contributed by atoms with Gasteiger partial charge in [0.05, 0.1) is 13.7 Å². The molecule has 2 amide bonds. The molecule has 5 nitrogen and oxygen atoms in total. The topological polar surface area (TPSA) is 58.6 Å². The first-order valence-electron chi connectivity index (χ1n) is 8.40. The Labute approximate surface area is 144 Å². The van der Waals surface area contributed by atoms with Crippen molar-refractivity contribution in [2.45, 2.75) is 32.6 Å². The molecule has 24 heavy (non-hydrogen) atoms. The molecule has 0 heterocycles. The molecule has 1 aromatic rings. The lowest BCUT2D eigenvalue weighted by Gasteiger charge is -2.14. The normalized spacial score (nSPS) is 10.6. The van der Waals surface area contributed by atoms with Crippen LogP contribution in [0.3, 0.4) is 0 Å². The van der Waals surface area contributed by atoms with Crippen molar-refractivity contribution in [3.63, 3.8) is 0 Å². The van der Waals surface area contributed by atoms with Crippen LogP contribution in [0.1, 0.15) is 38.2 Å². The lowest BCUT2D eigenvalue weighted by atomic mass is 10.2. The van der Waals surface area contributed by atoms with Gasteiger partial charge in [0.1, 0.15) is 5.75 Å². The van der Waals surface area contributed by atoms with Crippen LogP contribution >= 0.6 is 0 Å². The van der Waals surface area contributed by atoms with E-state index in [9.17, 15) is 9.59 Å². The SMILES string of the molecule is CCCCCCNC(=O)CN(C)C(=O)/C=C/c1cccc(OC)c1. The number of carbonyl (C=O) groups is 2. The molecule has 1 N–H and O–H groups in total. The van der Waals surface area contributed by atoms with Crippen LogP contribution in [0.25, 0.3) is 6.08 Å². The first kappa shape index (κ1) is 19.7. The van der Waals surface area contributed by atoms with E-state index in [2.05, 4.69) is 12.2 Å². The number of ether oxygens (including phenoxy) is 1. The summed E-state index contributed by atoms with van der Waals surface area (Å²) in [5.74, 6) is 0.400. The van der Waals surface area contributed by atoms with E-state index in [1.807, 2.05) is 24.3 Å². The number of unbranched alkanes of at least 4 members (excludes halogenated alkanes) is 3. The number of nitrogens with one attached hydrogen (secondary N) is 1. The van der Waals surface area contributed by atoms with Crippen molar-refractivity contribution in [2.75, 3.05) is 27.2 Å². The molecular formula is C19H28N2O3. The molecule has 0 atom stereocenters. The van der Waals surface area contributed by atoms with E-state index < -0.39 is 0 Å². The van der Waals surface area contributed by atoms with Crippen molar-refractivity contribution in [1.82, 2.24) is 10.2 Å². The highest BCUT2D eigenvalue weighted by molar-refractivity contribution is 5.94. The van der Waals surface area contributed by atoms with Crippen LogP contribution in [-0.4, -0.2) is 44.0 Å². The molecule has 1 rings (SSSR count). The number of hydrogen-bond acceptors (Lipinski definition) is 3. The highest BCUT2D eigenvalue weighted by Crippen LogP contribution is 2.13. The van der Waals surface area contributed by atoms with Gasteiger partial charge in [-0.15, -0.1) is 0 Å². The van der Waals surface area contributed by atoms with Crippen LogP contribution in [0.2, 0.25) is 0 Å². The lowest BCUT2D eigenvalue weighted by molar-refractivity contribution is -0.131. The van der Waals surface area contributed by atoms with Gasteiger partial charge in [-0.3, -0.25) is 9.59 Å². The molecule has 0 aliphatic carbocycles. The summed E-state index contributed by atoms with van der Waals surface area (Å²) < 4.78 is 5.14. The standard InChI is InChI=1S/C19H28N2O3/c1-4-5-6-7-13-20-18(22)15-21(2)19(23)12-11-16-9-8-10-17(14-16)24-3/h8-12,14H,4-7,13,15H2,1-3H3,(H,20,22)/b12-11+. The summed E-state index contributed by atoms with van der Waals surface area (Å²) in [5.41, 5.74) is 0.872. The highest BCUT2D eigenvalue weighted by Gasteiger charge is 2.09. The molecule has 0 aliphatic heterocycles. The van der Waals surface area contributed by atoms with Crippen molar-refractivity contribution in [3.05, 3.63) is 35.9 Å². The molecule has 0 fully saturated rings. The predicted molar refractivity (Wildman–Crippen MR) is 96.8 cm³/mol. The Bertz CT molecular complexity index is 555. The Kier molecular flexibility index (Phi) is 9.27. The van der Waals surface area contributed by atoms with Gasteiger partial charge in [0, 0.05) is 19.7 Å². The Hall–Kier alpha value is -2.30. The summed E-state index contributed by atoms with van der Waals surface area (Å²) >= 11 is 0. The van der Waals surface area contributed by atoms with Crippen LogP contribution in [0.4, 0.5) is 0 Å². The number of nitrogens with zero attached hydrogens (tertiary/aromatic N) is 1. The van der Waals surface area contributed by atoms with Gasteiger partial charge in [-0.1, -0.05) is 38.3 Å². The molecule has 1 aromatic carbocycles. The summed E-state index contributed by atoms with van der Waals surface area (Å²) in [6, 6.07) is 7.43. The Morgan fingerprint density at radius 3 is 2.75 bits per heavy atom. The first-order valence-corrected chi connectivity index (χ1v) is 8.40. The summed E-state index contributed by atoms with van der Waals surface area (Å²) in [7, 11) is 3.22. The van der Waals surface area contributed by atoms with Gasteiger partial charge in [-0.25, -0.2) is 0 Å². The minimum atomic E-state index is -0.209. The molecular weight excluding hydrogens is 304 g/mol. The monoisotopic (exact) mass is 332 g/mol. The Morgan fingerprint density at radius 1 is 1.25 bits per heavy atom. The van der Waals surface area contributed by atoms with Crippen molar-refractivity contribution < 1.29 is 14.3 Å². The van der Waals surface area contributed by atoms with E-state index in [1.54, 1.807) is 20.2 Å². The number of methoxy groups -OCH3 is 1. The fourth-order valence-corrected chi connectivity index (χ4v) is 2.17. The number of likely N-dealkylation sites (N-methyl/N-ethyl adjacent to an activating group) is 1. The Balaban J connectivity index is 2.38. The molecule has 0 spiro atoms. The third kappa shape index (κ3) is 7.81. The average molecular weight is 332 g/mol. The number of rotatable bonds is 10. The van der Waals surface area contributed by atoms with Gasteiger partial charge in [0.15, 0.2) is 0 Å². The zero-order valence-electron chi connectivity index (χ0n) is 14.9. The van der Waals surface area contributed by atoms with Crippen molar-refractivity contribution in [1.29, 1.82) is 0 Å². The smallest absolute Gasteiger partial charge is 0.246 e. The molecule has 0 bridgehead atoms. The van der Waals surface area contributed by atoms with Gasteiger partial charge in [-0.2, -0.15) is 0 Å². The van der Waals surface area contributed by atoms with E-state index in [1.165, 1.54) is 23.8 Å². The average Bonchev–Trinajstić information content (AvgIpc) is 2.59. The molecule has 0 saturated carbocycles. The maximum atomic E-state index is 12.0. The van der Waals surface area contributed by atoms with Gasteiger partial charge in [0.2, 0.25) is 11.8 Å².